The van der Waals surface area contributed by atoms with E-state index in [2.05, 4.69) is 20.8 Å². The van der Waals surface area contributed by atoms with Gasteiger partial charge in [0, 0.05) is 12.0 Å². The molecule has 3 atom stereocenters. The molecule has 0 spiro atoms. The minimum absolute atomic E-state index is 0.0590. The van der Waals surface area contributed by atoms with E-state index in [1.165, 1.54) is 6.07 Å². The molecule has 2 saturated heterocycles. The Bertz CT molecular complexity index is 546. The van der Waals surface area contributed by atoms with Gasteiger partial charge in [-0.2, -0.15) is 0 Å². The van der Waals surface area contributed by atoms with Crippen LogP contribution in [0.1, 0.15) is 45.6 Å². The van der Waals surface area contributed by atoms with Crippen LogP contribution in [0.4, 0.5) is 8.78 Å². The Balaban J connectivity index is 1.71. The van der Waals surface area contributed by atoms with E-state index >= 15 is 0 Å². The molecular formula is C17H22F2O2. The van der Waals surface area contributed by atoms with Crippen LogP contribution >= 0.6 is 0 Å². The molecule has 1 aromatic rings. The van der Waals surface area contributed by atoms with Crippen molar-refractivity contribution in [1.29, 1.82) is 0 Å². The average molecular weight is 296 g/mol. The third-order valence-electron chi connectivity index (χ3n) is 5.19. The molecule has 2 fully saturated rings. The lowest BCUT2D eigenvalue weighted by Crippen LogP contribution is -2.38. The highest BCUT2D eigenvalue weighted by Gasteiger charge is 2.60. The summed E-state index contributed by atoms with van der Waals surface area (Å²) in [5.41, 5.74) is -0.145. The number of hydrogen-bond donors (Lipinski definition) is 0. The maximum absolute atomic E-state index is 13.7. The van der Waals surface area contributed by atoms with Crippen molar-refractivity contribution in [2.24, 2.45) is 5.92 Å². The van der Waals surface area contributed by atoms with Crippen LogP contribution in [0.3, 0.4) is 0 Å². The molecule has 4 heteroatoms. The van der Waals surface area contributed by atoms with Crippen molar-refractivity contribution >= 4 is 0 Å². The van der Waals surface area contributed by atoms with Gasteiger partial charge in [0.25, 0.3) is 0 Å². The zero-order valence-electron chi connectivity index (χ0n) is 12.8. The highest BCUT2D eigenvalue weighted by molar-refractivity contribution is 5.18. The smallest absolute Gasteiger partial charge is 0.128 e. The van der Waals surface area contributed by atoms with Crippen LogP contribution in [-0.4, -0.2) is 17.3 Å². The Morgan fingerprint density at radius 3 is 2.76 bits per heavy atom. The molecule has 2 bridgehead atoms. The standard InChI is InChI=1S/C17H22F2O2/c1-11(2)17-7-6-16(3,21-17)15(9-17)20-10-12-8-13(18)4-5-14(12)19/h4-5,8,11,15H,6-7,9-10H2,1-3H3/t15-,16+,17-/m0/s1. The number of hydrogen-bond acceptors (Lipinski definition) is 2. The third-order valence-corrected chi connectivity index (χ3v) is 5.19. The summed E-state index contributed by atoms with van der Waals surface area (Å²) < 4.78 is 39.0. The number of ether oxygens (including phenoxy) is 2. The van der Waals surface area contributed by atoms with Crippen molar-refractivity contribution in [3.63, 3.8) is 0 Å². The van der Waals surface area contributed by atoms with Crippen LogP contribution in [0.15, 0.2) is 18.2 Å². The fourth-order valence-corrected chi connectivity index (χ4v) is 3.65. The first-order chi connectivity index (χ1) is 9.85. The largest absolute Gasteiger partial charge is 0.370 e. The van der Waals surface area contributed by atoms with Crippen LogP contribution in [0, 0.1) is 17.6 Å². The van der Waals surface area contributed by atoms with Crippen LogP contribution < -0.4 is 0 Å². The Kier molecular flexibility index (Phi) is 3.57. The van der Waals surface area contributed by atoms with Gasteiger partial charge in [-0.3, -0.25) is 0 Å². The van der Waals surface area contributed by atoms with E-state index in [-0.39, 0.29) is 29.5 Å². The average Bonchev–Trinajstić information content (AvgIpc) is 2.92. The lowest BCUT2D eigenvalue weighted by atomic mass is 9.75. The van der Waals surface area contributed by atoms with Gasteiger partial charge in [-0.25, -0.2) is 8.78 Å². The predicted octanol–water partition coefficient (Wildman–Crippen LogP) is 4.22. The highest BCUT2D eigenvalue weighted by Crippen LogP contribution is 2.55. The molecule has 1 aromatic carbocycles. The number of halogens is 2. The molecule has 3 rings (SSSR count). The third kappa shape index (κ3) is 2.49. The topological polar surface area (TPSA) is 18.5 Å². The van der Waals surface area contributed by atoms with Crippen LogP contribution in [-0.2, 0) is 16.1 Å². The first-order valence-corrected chi connectivity index (χ1v) is 7.60. The van der Waals surface area contributed by atoms with Gasteiger partial charge in [0.15, 0.2) is 0 Å². The first-order valence-electron chi connectivity index (χ1n) is 7.60. The molecule has 0 unspecified atom stereocenters. The summed E-state index contributed by atoms with van der Waals surface area (Å²) in [6, 6.07) is 3.46. The quantitative estimate of drug-likeness (QED) is 0.828. The van der Waals surface area contributed by atoms with Gasteiger partial charge in [0.1, 0.15) is 11.6 Å². The Morgan fingerprint density at radius 1 is 1.33 bits per heavy atom. The maximum atomic E-state index is 13.7. The van der Waals surface area contributed by atoms with Crippen molar-refractivity contribution in [3.8, 4) is 0 Å². The molecule has 0 aromatic heterocycles. The van der Waals surface area contributed by atoms with E-state index < -0.39 is 11.6 Å². The Hall–Kier alpha value is -1.00. The summed E-state index contributed by atoms with van der Waals surface area (Å²) in [5.74, 6) is -0.438. The van der Waals surface area contributed by atoms with Crippen LogP contribution in [0.5, 0.6) is 0 Å². The second-order valence-electron chi connectivity index (χ2n) is 6.87. The second-order valence-corrected chi connectivity index (χ2v) is 6.87. The molecule has 0 amide bonds. The lowest BCUT2D eigenvalue weighted by molar-refractivity contribution is -0.0962. The van der Waals surface area contributed by atoms with Gasteiger partial charge in [0.2, 0.25) is 0 Å². The molecule has 2 nitrogen and oxygen atoms in total. The zero-order valence-corrected chi connectivity index (χ0v) is 12.8. The summed E-state index contributed by atoms with van der Waals surface area (Å²) in [5, 5.41) is 0. The molecule has 2 aliphatic heterocycles. The minimum Gasteiger partial charge on any atom is -0.370 e. The SMILES string of the molecule is CC(C)[C@@]12CC[C@@](C)(O1)[C@@H](OCc1cc(F)ccc1F)C2. The summed E-state index contributed by atoms with van der Waals surface area (Å²) >= 11 is 0. The monoisotopic (exact) mass is 296 g/mol. The van der Waals surface area contributed by atoms with E-state index in [4.69, 9.17) is 9.47 Å². The highest BCUT2D eigenvalue weighted by atomic mass is 19.1. The summed E-state index contributed by atoms with van der Waals surface area (Å²) in [4.78, 5) is 0. The molecule has 21 heavy (non-hydrogen) atoms. The molecule has 116 valence electrons. The number of rotatable bonds is 4. The maximum Gasteiger partial charge on any atom is 0.128 e. The van der Waals surface area contributed by atoms with Gasteiger partial charge < -0.3 is 9.47 Å². The van der Waals surface area contributed by atoms with E-state index in [1.54, 1.807) is 0 Å². The van der Waals surface area contributed by atoms with Crippen molar-refractivity contribution < 1.29 is 18.3 Å². The van der Waals surface area contributed by atoms with Gasteiger partial charge in [-0.1, -0.05) is 13.8 Å². The van der Waals surface area contributed by atoms with E-state index in [1.807, 2.05) is 0 Å². The van der Waals surface area contributed by atoms with Gasteiger partial charge in [-0.05, 0) is 43.9 Å². The zero-order chi connectivity index (χ0) is 15.3. The molecule has 0 aliphatic carbocycles. The summed E-state index contributed by atoms with van der Waals surface area (Å²) in [6.07, 6.45) is 2.78. The number of benzene rings is 1. The minimum atomic E-state index is -0.441. The fraction of sp³-hybridized carbons (Fsp3) is 0.647. The normalized spacial score (nSPS) is 34.9. The Morgan fingerprint density at radius 2 is 2.10 bits per heavy atom. The molecule has 0 N–H and O–H groups in total. The van der Waals surface area contributed by atoms with Crippen molar-refractivity contribution in [1.82, 2.24) is 0 Å². The molecule has 0 radical (unpaired) electrons. The molecule has 0 saturated carbocycles. The van der Waals surface area contributed by atoms with Gasteiger partial charge in [0.05, 0.1) is 23.9 Å². The van der Waals surface area contributed by atoms with Gasteiger partial charge in [-0.15, -0.1) is 0 Å². The first kappa shape index (κ1) is 14.9. The summed E-state index contributed by atoms with van der Waals surface area (Å²) in [7, 11) is 0. The van der Waals surface area contributed by atoms with Crippen molar-refractivity contribution in [2.75, 3.05) is 0 Å². The van der Waals surface area contributed by atoms with E-state index in [9.17, 15) is 8.78 Å². The lowest BCUT2D eigenvalue weighted by Gasteiger charge is -2.31. The van der Waals surface area contributed by atoms with E-state index in [0.717, 1.165) is 31.4 Å². The molecule has 2 heterocycles. The summed E-state index contributed by atoms with van der Waals surface area (Å²) in [6.45, 7) is 6.48. The van der Waals surface area contributed by atoms with Crippen LogP contribution in [0.2, 0.25) is 0 Å². The van der Waals surface area contributed by atoms with Crippen molar-refractivity contribution in [3.05, 3.63) is 35.4 Å². The molecular weight excluding hydrogens is 274 g/mol. The fourth-order valence-electron chi connectivity index (χ4n) is 3.65. The Labute approximate surface area is 124 Å². The van der Waals surface area contributed by atoms with Crippen molar-refractivity contribution in [2.45, 2.75) is 63.9 Å². The predicted molar refractivity (Wildman–Crippen MR) is 75.8 cm³/mol. The number of fused-ring (bicyclic) bond motifs is 2. The van der Waals surface area contributed by atoms with Crippen LogP contribution in [0.25, 0.3) is 0 Å². The molecule has 2 aliphatic rings. The van der Waals surface area contributed by atoms with Gasteiger partial charge >= 0.3 is 0 Å². The second kappa shape index (κ2) is 5.03. The van der Waals surface area contributed by atoms with E-state index in [0.29, 0.717) is 5.92 Å².